The van der Waals surface area contributed by atoms with Crippen molar-refractivity contribution in [3.63, 3.8) is 0 Å². The largest absolute Gasteiger partial charge is 0.480 e. The first kappa shape index (κ1) is 11.9. The molecule has 0 amide bonds. The van der Waals surface area contributed by atoms with E-state index in [1.807, 2.05) is 22.6 Å². The van der Waals surface area contributed by atoms with Gasteiger partial charge in [0.25, 0.3) is 0 Å². The molecule has 0 saturated heterocycles. The van der Waals surface area contributed by atoms with Gasteiger partial charge in [0.1, 0.15) is 6.04 Å². The average molecular weight is 321 g/mol. The molecule has 1 atom stereocenters. The van der Waals surface area contributed by atoms with Crippen molar-refractivity contribution in [2.24, 2.45) is 5.73 Å². The minimum absolute atomic E-state index is 0.112. The molecular weight excluding hydrogens is 313 g/mol. The number of carbonyl (C=O) groups is 2. The van der Waals surface area contributed by atoms with Crippen molar-refractivity contribution in [3.05, 3.63) is 32.9 Å². The van der Waals surface area contributed by atoms with Gasteiger partial charge in [0.05, 0.1) is 5.56 Å². The summed E-state index contributed by atoms with van der Waals surface area (Å²) in [6.45, 7) is 0. The van der Waals surface area contributed by atoms with Crippen molar-refractivity contribution in [3.8, 4) is 0 Å². The number of hydrogen-bond donors (Lipinski definition) is 3. The van der Waals surface area contributed by atoms with E-state index < -0.39 is 18.0 Å². The van der Waals surface area contributed by atoms with Gasteiger partial charge in [-0.15, -0.1) is 0 Å². The Morgan fingerprint density at radius 3 is 2.33 bits per heavy atom. The molecule has 0 aliphatic heterocycles. The molecule has 0 saturated carbocycles. The average Bonchev–Trinajstić information content (AvgIpc) is 2.16. The van der Waals surface area contributed by atoms with Crippen molar-refractivity contribution < 1.29 is 19.8 Å². The third-order valence-electron chi connectivity index (χ3n) is 1.85. The van der Waals surface area contributed by atoms with Gasteiger partial charge >= 0.3 is 11.9 Å². The molecule has 15 heavy (non-hydrogen) atoms. The fraction of sp³-hybridized carbons (Fsp3) is 0.111. The molecule has 6 heteroatoms. The van der Waals surface area contributed by atoms with Crippen LogP contribution in [0, 0.1) is 3.57 Å². The Morgan fingerprint density at radius 1 is 1.33 bits per heavy atom. The quantitative estimate of drug-likeness (QED) is 0.723. The summed E-state index contributed by atoms with van der Waals surface area (Å²) in [4.78, 5) is 21.2. The summed E-state index contributed by atoms with van der Waals surface area (Å²) in [5.41, 5.74) is 5.94. The van der Waals surface area contributed by atoms with Crippen LogP contribution in [-0.4, -0.2) is 22.2 Å². The maximum Gasteiger partial charge on any atom is 0.335 e. The molecule has 0 aliphatic rings. The van der Waals surface area contributed by atoms with E-state index in [0.717, 1.165) is 0 Å². The highest BCUT2D eigenvalue weighted by Gasteiger charge is 2.18. The lowest BCUT2D eigenvalue weighted by molar-refractivity contribution is -0.138. The molecule has 0 aromatic heterocycles. The van der Waals surface area contributed by atoms with E-state index >= 15 is 0 Å². The van der Waals surface area contributed by atoms with Crippen LogP contribution >= 0.6 is 22.6 Å². The van der Waals surface area contributed by atoms with Crippen molar-refractivity contribution in [1.29, 1.82) is 0 Å². The Balaban J connectivity index is 3.13. The highest BCUT2D eigenvalue weighted by Crippen LogP contribution is 2.20. The Bertz CT molecular complexity index is 419. The van der Waals surface area contributed by atoms with Gasteiger partial charge in [-0.3, -0.25) is 4.79 Å². The summed E-state index contributed by atoms with van der Waals surface area (Å²) < 4.78 is 0.530. The SMILES string of the molecule is NC(C(=O)O)c1ccc(C(=O)O)cc1I. The van der Waals surface area contributed by atoms with Crippen molar-refractivity contribution in [2.45, 2.75) is 6.04 Å². The molecule has 1 aromatic carbocycles. The maximum atomic E-state index is 10.6. The van der Waals surface area contributed by atoms with Gasteiger partial charge in [0.2, 0.25) is 0 Å². The van der Waals surface area contributed by atoms with E-state index in [-0.39, 0.29) is 5.56 Å². The van der Waals surface area contributed by atoms with Crippen LogP contribution in [0.15, 0.2) is 18.2 Å². The standard InChI is InChI=1S/C9H8INO4/c10-6-3-4(8(12)13)1-2-5(6)7(11)9(14)15/h1-3,7H,11H2,(H,12,13)(H,14,15). The van der Waals surface area contributed by atoms with Crippen LogP contribution in [0.3, 0.4) is 0 Å². The molecule has 4 N–H and O–H groups in total. The zero-order chi connectivity index (χ0) is 11.6. The summed E-state index contributed by atoms with van der Waals surface area (Å²) in [5, 5.41) is 17.4. The number of benzene rings is 1. The highest BCUT2D eigenvalue weighted by molar-refractivity contribution is 14.1. The molecule has 1 unspecified atom stereocenters. The first-order chi connectivity index (χ1) is 6.93. The lowest BCUT2D eigenvalue weighted by atomic mass is 10.1. The van der Waals surface area contributed by atoms with Crippen LogP contribution in [0.1, 0.15) is 22.0 Å². The van der Waals surface area contributed by atoms with Crippen molar-refractivity contribution >= 4 is 34.5 Å². The molecular formula is C9H8INO4. The summed E-state index contributed by atoms with van der Waals surface area (Å²) in [6.07, 6.45) is 0. The zero-order valence-corrected chi connectivity index (χ0v) is 9.63. The van der Waals surface area contributed by atoms with Gasteiger partial charge in [-0.05, 0) is 40.3 Å². The minimum atomic E-state index is -1.14. The van der Waals surface area contributed by atoms with Crippen LogP contribution in [0.25, 0.3) is 0 Å². The van der Waals surface area contributed by atoms with Gasteiger partial charge < -0.3 is 15.9 Å². The zero-order valence-electron chi connectivity index (χ0n) is 7.48. The second-order valence-electron chi connectivity index (χ2n) is 2.86. The van der Waals surface area contributed by atoms with Gasteiger partial charge in [-0.1, -0.05) is 6.07 Å². The van der Waals surface area contributed by atoms with Crippen LogP contribution in [-0.2, 0) is 4.79 Å². The Hall–Kier alpha value is -1.15. The highest BCUT2D eigenvalue weighted by atomic mass is 127. The normalized spacial score (nSPS) is 12.1. The predicted octanol–water partition coefficient (Wildman–Crippen LogP) is 1.07. The lowest BCUT2D eigenvalue weighted by Crippen LogP contribution is -2.21. The molecule has 0 aliphatic carbocycles. The fourth-order valence-electron chi connectivity index (χ4n) is 1.05. The van der Waals surface area contributed by atoms with E-state index in [1.54, 1.807) is 0 Å². The summed E-state index contributed by atoms with van der Waals surface area (Å²) in [6, 6.07) is 3.02. The number of rotatable bonds is 3. The van der Waals surface area contributed by atoms with Gasteiger partial charge in [-0.2, -0.15) is 0 Å². The van der Waals surface area contributed by atoms with Crippen molar-refractivity contribution in [2.75, 3.05) is 0 Å². The molecule has 0 radical (unpaired) electrons. The second kappa shape index (κ2) is 4.58. The third-order valence-corrected chi connectivity index (χ3v) is 2.78. The Morgan fingerprint density at radius 2 is 1.93 bits per heavy atom. The summed E-state index contributed by atoms with van der Waals surface area (Å²) >= 11 is 1.86. The second-order valence-corrected chi connectivity index (χ2v) is 4.02. The van der Waals surface area contributed by atoms with Crippen LogP contribution < -0.4 is 5.73 Å². The number of carboxylic acids is 2. The molecule has 5 nitrogen and oxygen atoms in total. The molecule has 1 rings (SSSR count). The first-order valence-corrected chi connectivity index (χ1v) is 5.02. The van der Waals surface area contributed by atoms with Gasteiger partial charge in [-0.25, -0.2) is 4.79 Å². The number of carboxylic acid groups (broad SMARTS) is 2. The number of hydrogen-bond acceptors (Lipinski definition) is 3. The first-order valence-electron chi connectivity index (χ1n) is 3.94. The van der Waals surface area contributed by atoms with E-state index in [1.165, 1.54) is 18.2 Å². The smallest absolute Gasteiger partial charge is 0.335 e. The number of nitrogens with two attached hydrogens (primary N) is 1. The minimum Gasteiger partial charge on any atom is -0.480 e. The molecule has 0 heterocycles. The molecule has 0 spiro atoms. The Kier molecular flexibility index (Phi) is 3.64. The molecule has 1 aromatic rings. The van der Waals surface area contributed by atoms with Crippen LogP contribution in [0.4, 0.5) is 0 Å². The van der Waals surface area contributed by atoms with Gasteiger partial charge in [0.15, 0.2) is 0 Å². The van der Waals surface area contributed by atoms with E-state index in [4.69, 9.17) is 15.9 Å². The Labute approximate surface area is 99.0 Å². The maximum absolute atomic E-state index is 10.6. The number of aromatic carboxylic acids is 1. The molecule has 0 bridgehead atoms. The fourth-order valence-corrected chi connectivity index (χ4v) is 1.90. The topological polar surface area (TPSA) is 101 Å². The number of aliphatic carboxylic acids is 1. The molecule has 80 valence electrons. The predicted molar refractivity (Wildman–Crippen MR) is 60.7 cm³/mol. The summed E-state index contributed by atoms with van der Waals surface area (Å²) in [5.74, 6) is -2.20. The van der Waals surface area contributed by atoms with E-state index in [2.05, 4.69) is 0 Å². The van der Waals surface area contributed by atoms with Crippen LogP contribution in [0.2, 0.25) is 0 Å². The monoisotopic (exact) mass is 321 g/mol. The van der Waals surface area contributed by atoms with E-state index in [0.29, 0.717) is 9.13 Å². The number of halogens is 1. The molecule has 0 fully saturated rings. The van der Waals surface area contributed by atoms with E-state index in [9.17, 15) is 9.59 Å². The van der Waals surface area contributed by atoms with Crippen LogP contribution in [0.5, 0.6) is 0 Å². The van der Waals surface area contributed by atoms with Crippen molar-refractivity contribution in [1.82, 2.24) is 0 Å². The summed E-state index contributed by atoms with van der Waals surface area (Å²) in [7, 11) is 0. The van der Waals surface area contributed by atoms with Gasteiger partial charge in [0, 0.05) is 3.57 Å². The third kappa shape index (κ3) is 2.66. The lowest BCUT2D eigenvalue weighted by Gasteiger charge is -2.09.